The molecule has 0 aromatic heterocycles. The van der Waals surface area contributed by atoms with Crippen LogP contribution >= 0.6 is 0 Å². The molecule has 0 aliphatic carbocycles. The minimum Gasteiger partial charge on any atom is -0.497 e. The zero-order valence-corrected chi connectivity index (χ0v) is 20.6. The topological polar surface area (TPSA) is 114 Å². The summed E-state index contributed by atoms with van der Waals surface area (Å²) in [5, 5.41) is 15.4. The van der Waals surface area contributed by atoms with Crippen molar-refractivity contribution in [2.24, 2.45) is 5.10 Å². The van der Waals surface area contributed by atoms with Crippen LogP contribution in [0.25, 0.3) is 0 Å². The van der Waals surface area contributed by atoms with Gasteiger partial charge in [-0.05, 0) is 65.2 Å². The summed E-state index contributed by atoms with van der Waals surface area (Å²) in [4.78, 5) is 13.1. The van der Waals surface area contributed by atoms with Crippen molar-refractivity contribution in [3.63, 3.8) is 0 Å². The van der Waals surface area contributed by atoms with Crippen molar-refractivity contribution in [3.8, 4) is 11.5 Å². The molecule has 9 heteroatoms. The van der Waals surface area contributed by atoms with Crippen molar-refractivity contribution in [2.45, 2.75) is 10.5 Å². The Morgan fingerprint density at radius 3 is 1.84 bits per heavy atom. The first-order chi connectivity index (χ1) is 17.8. The van der Waals surface area contributed by atoms with E-state index in [1.807, 2.05) is 0 Å². The van der Waals surface area contributed by atoms with Crippen LogP contribution in [-0.2, 0) is 20.5 Å². The average molecular weight is 517 g/mol. The highest BCUT2D eigenvalue weighted by molar-refractivity contribution is 7.87. The molecule has 0 aliphatic rings. The smallest absolute Gasteiger partial charge is 0.339 e. The van der Waals surface area contributed by atoms with E-state index < -0.39 is 21.6 Å². The molecule has 0 unspecified atom stereocenters. The van der Waals surface area contributed by atoms with E-state index in [9.17, 15) is 18.3 Å². The second-order valence-electron chi connectivity index (χ2n) is 7.92. The zero-order chi connectivity index (χ0) is 26.3. The average Bonchev–Trinajstić information content (AvgIpc) is 2.94. The van der Waals surface area contributed by atoms with Crippen LogP contribution in [0.2, 0.25) is 0 Å². The van der Waals surface area contributed by atoms with Gasteiger partial charge in [-0.3, -0.25) is 4.79 Å². The van der Waals surface area contributed by atoms with E-state index in [4.69, 9.17) is 8.92 Å². The molecule has 8 nitrogen and oxygen atoms in total. The molecular weight excluding hydrogens is 492 g/mol. The van der Waals surface area contributed by atoms with Crippen LogP contribution in [0.5, 0.6) is 11.5 Å². The van der Waals surface area contributed by atoms with E-state index in [2.05, 4.69) is 10.5 Å². The lowest BCUT2D eigenvalue weighted by atomic mass is 9.85. The molecule has 0 saturated carbocycles. The summed E-state index contributed by atoms with van der Waals surface area (Å²) >= 11 is 0. The Hall–Kier alpha value is -4.47. The highest BCUT2D eigenvalue weighted by atomic mass is 32.2. The third-order valence-electron chi connectivity index (χ3n) is 5.53. The highest BCUT2D eigenvalue weighted by Crippen LogP contribution is 2.30. The number of carbonyl (C=O) groups is 1. The number of amides is 1. The van der Waals surface area contributed by atoms with Crippen molar-refractivity contribution in [1.82, 2.24) is 5.43 Å². The highest BCUT2D eigenvalue weighted by Gasteiger charge is 2.39. The number of ether oxygens (including phenoxy) is 1. The summed E-state index contributed by atoms with van der Waals surface area (Å²) in [6.45, 7) is 0. The lowest BCUT2D eigenvalue weighted by Gasteiger charge is -2.27. The first kappa shape index (κ1) is 25.6. The fraction of sp³-hybridized carbons (Fsp3) is 0.0714. The molecule has 0 bridgehead atoms. The molecule has 4 aromatic carbocycles. The lowest BCUT2D eigenvalue weighted by Crippen LogP contribution is -2.43. The molecule has 4 rings (SSSR count). The number of methoxy groups -OCH3 is 1. The number of nitrogens with zero attached hydrogens (tertiary/aromatic N) is 1. The van der Waals surface area contributed by atoms with Gasteiger partial charge in [-0.25, -0.2) is 5.43 Å². The van der Waals surface area contributed by atoms with Crippen LogP contribution in [0, 0.1) is 0 Å². The standard InChI is InChI=1S/C28H24N2O6S/c1-35-24-16-18-26(19-17-24)37(33,34)36-25-14-12-21(13-15-25)20-29-30-27(31)28(32,22-8-4-2-5-9-22)23-10-6-3-7-11-23/h2-20,32H,1H3,(H,30,31)/b29-20-. The van der Waals surface area contributed by atoms with Gasteiger partial charge in [-0.2, -0.15) is 13.5 Å². The Bertz CT molecular complexity index is 1430. The number of rotatable bonds is 9. The largest absolute Gasteiger partial charge is 0.497 e. The van der Waals surface area contributed by atoms with Crippen LogP contribution in [0.3, 0.4) is 0 Å². The normalized spacial score (nSPS) is 11.7. The fourth-order valence-corrected chi connectivity index (χ4v) is 4.49. The van der Waals surface area contributed by atoms with Crippen molar-refractivity contribution < 1.29 is 27.2 Å². The van der Waals surface area contributed by atoms with Gasteiger partial charge in [0, 0.05) is 0 Å². The van der Waals surface area contributed by atoms with Crippen LogP contribution < -0.4 is 14.3 Å². The van der Waals surface area contributed by atoms with Gasteiger partial charge < -0.3 is 14.0 Å². The SMILES string of the molecule is COc1ccc(S(=O)(=O)Oc2ccc(/C=N\NC(=O)C(O)(c3ccccc3)c3ccccc3)cc2)cc1. The van der Waals surface area contributed by atoms with Gasteiger partial charge in [0.15, 0.2) is 5.60 Å². The predicted octanol–water partition coefficient (Wildman–Crippen LogP) is 3.85. The van der Waals surface area contributed by atoms with Gasteiger partial charge in [-0.1, -0.05) is 60.7 Å². The summed E-state index contributed by atoms with van der Waals surface area (Å²) in [6.07, 6.45) is 1.37. The van der Waals surface area contributed by atoms with E-state index in [1.165, 1.54) is 49.7 Å². The molecule has 0 saturated heterocycles. The Morgan fingerprint density at radius 2 is 1.32 bits per heavy atom. The molecule has 0 fully saturated rings. The number of nitrogens with one attached hydrogen (secondary N) is 1. The number of hydrogen-bond acceptors (Lipinski definition) is 7. The number of hydrogen-bond donors (Lipinski definition) is 2. The maximum atomic E-state index is 13.1. The van der Waals surface area contributed by atoms with Crippen molar-refractivity contribution in [1.29, 1.82) is 0 Å². The Morgan fingerprint density at radius 1 is 0.811 bits per heavy atom. The van der Waals surface area contributed by atoms with Crippen molar-refractivity contribution >= 4 is 22.2 Å². The van der Waals surface area contributed by atoms with Crippen molar-refractivity contribution in [3.05, 3.63) is 126 Å². The summed E-state index contributed by atoms with van der Waals surface area (Å²) in [6, 6.07) is 29.1. The van der Waals surface area contributed by atoms with Gasteiger partial charge >= 0.3 is 10.1 Å². The van der Waals surface area contributed by atoms with Gasteiger partial charge in [0.2, 0.25) is 0 Å². The minimum atomic E-state index is -4.02. The van der Waals surface area contributed by atoms with E-state index in [0.29, 0.717) is 22.4 Å². The van der Waals surface area contributed by atoms with Crippen LogP contribution in [-0.4, -0.2) is 32.8 Å². The van der Waals surface area contributed by atoms with Gasteiger partial charge in [0.25, 0.3) is 5.91 Å². The Kier molecular flexibility index (Phi) is 7.66. The van der Waals surface area contributed by atoms with Gasteiger partial charge in [-0.15, -0.1) is 0 Å². The zero-order valence-electron chi connectivity index (χ0n) is 19.8. The molecular formula is C28H24N2O6S. The number of aliphatic hydroxyl groups is 1. The lowest BCUT2D eigenvalue weighted by molar-refractivity contribution is -0.136. The first-order valence-corrected chi connectivity index (χ1v) is 12.6. The number of carbonyl (C=O) groups excluding carboxylic acids is 1. The number of benzene rings is 4. The molecule has 0 aliphatic heterocycles. The van der Waals surface area contributed by atoms with Crippen LogP contribution in [0.15, 0.2) is 119 Å². The molecule has 4 aromatic rings. The predicted molar refractivity (Wildman–Crippen MR) is 139 cm³/mol. The molecule has 0 spiro atoms. The summed E-state index contributed by atoms with van der Waals surface area (Å²) in [5.74, 6) is -0.0909. The van der Waals surface area contributed by atoms with E-state index in [0.717, 1.165) is 0 Å². The summed E-state index contributed by atoms with van der Waals surface area (Å²) < 4.78 is 35.2. The fourth-order valence-electron chi connectivity index (χ4n) is 3.56. The summed E-state index contributed by atoms with van der Waals surface area (Å²) in [5.41, 5.74) is 1.81. The van der Waals surface area contributed by atoms with E-state index >= 15 is 0 Å². The number of hydrazone groups is 1. The Balaban J connectivity index is 1.45. The summed E-state index contributed by atoms with van der Waals surface area (Å²) in [7, 11) is -2.53. The van der Waals surface area contributed by atoms with Crippen LogP contribution in [0.1, 0.15) is 16.7 Å². The molecule has 0 radical (unpaired) electrons. The van der Waals surface area contributed by atoms with Crippen molar-refractivity contribution in [2.75, 3.05) is 7.11 Å². The monoisotopic (exact) mass is 516 g/mol. The molecule has 2 N–H and O–H groups in total. The van der Waals surface area contributed by atoms with E-state index in [1.54, 1.807) is 72.8 Å². The molecule has 37 heavy (non-hydrogen) atoms. The third-order valence-corrected chi connectivity index (χ3v) is 6.79. The maximum Gasteiger partial charge on any atom is 0.339 e. The quantitative estimate of drug-likeness (QED) is 0.198. The maximum absolute atomic E-state index is 13.1. The second kappa shape index (κ2) is 11.1. The minimum absolute atomic E-state index is 0.00836. The molecule has 0 atom stereocenters. The molecule has 0 heterocycles. The van der Waals surface area contributed by atoms with Gasteiger partial charge in [0.05, 0.1) is 13.3 Å². The van der Waals surface area contributed by atoms with E-state index in [-0.39, 0.29) is 10.6 Å². The van der Waals surface area contributed by atoms with Crippen LogP contribution in [0.4, 0.5) is 0 Å². The Labute approximate surface area is 214 Å². The van der Waals surface area contributed by atoms with Gasteiger partial charge in [0.1, 0.15) is 16.4 Å². The first-order valence-electron chi connectivity index (χ1n) is 11.2. The molecule has 188 valence electrons. The molecule has 1 amide bonds. The second-order valence-corrected chi connectivity index (χ2v) is 9.47. The third kappa shape index (κ3) is 5.85.